The van der Waals surface area contributed by atoms with Crippen molar-refractivity contribution < 1.29 is 4.74 Å². The van der Waals surface area contributed by atoms with Gasteiger partial charge in [0.05, 0.1) is 0 Å². The van der Waals surface area contributed by atoms with Gasteiger partial charge in [0.15, 0.2) is 0 Å². The highest BCUT2D eigenvalue weighted by Gasteiger charge is 2.21. The first-order chi connectivity index (χ1) is 9.26. The number of hydrogen-bond acceptors (Lipinski definition) is 3. The molecule has 1 fully saturated rings. The first-order valence-corrected chi connectivity index (χ1v) is 7.34. The van der Waals surface area contributed by atoms with Crippen LogP contribution in [0.4, 0.5) is 5.69 Å². The summed E-state index contributed by atoms with van der Waals surface area (Å²) in [4.78, 5) is 2.48. The fraction of sp³-hybridized carbons (Fsp3) is 0.625. The summed E-state index contributed by atoms with van der Waals surface area (Å²) in [5.74, 6) is 0.716. The van der Waals surface area contributed by atoms with Gasteiger partial charge in [-0.05, 0) is 36.8 Å². The zero-order chi connectivity index (χ0) is 13.7. The van der Waals surface area contributed by atoms with Gasteiger partial charge in [-0.15, -0.1) is 0 Å². The molecule has 1 saturated heterocycles. The third-order valence-corrected chi connectivity index (χ3v) is 4.13. The highest BCUT2D eigenvalue weighted by Crippen LogP contribution is 2.30. The van der Waals surface area contributed by atoms with Gasteiger partial charge in [-0.3, -0.25) is 0 Å². The van der Waals surface area contributed by atoms with E-state index in [1.165, 1.54) is 24.1 Å². The number of ether oxygens (including phenoxy) is 1. The third kappa shape index (κ3) is 3.48. The summed E-state index contributed by atoms with van der Waals surface area (Å²) in [7, 11) is 1.79. The molecule has 1 heterocycles. The Labute approximate surface area is 116 Å². The van der Waals surface area contributed by atoms with Crippen LogP contribution < -0.4 is 10.6 Å². The van der Waals surface area contributed by atoms with Gasteiger partial charge in [0.1, 0.15) is 0 Å². The maximum atomic E-state index is 6.23. The zero-order valence-corrected chi connectivity index (χ0v) is 12.1. The van der Waals surface area contributed by atoms with Crippen molar-refractivity contribution in [1.29, 1.82) is 0 Å². The lowest BCUT2D eigenvalue weighted by molar-refractivity contribution is 0.139. The minimum atomic E-state index is 0.146. The molecule has 0 amide bonds. The summed E-state index contributed by atoms with van der Waals surface area (Å²) in [5, 5.41) is 0. The Morgan fingerprint density at radius 3 is 2.63 bits per heavy atom. The monoisotopic (exact) mass is 262 g/mol. The van der Waals surface area contributed by atoms with Gasteiger partial charge in [0.2, 0.25) is 0 Å². The van der Waals surface area contributed by atoms with Crippen LogP contribution in [-0.2, 0) is 4.74 Å². The number of nitrogens with zero attached hydrogens (tertiary/aromatic N) is 1. The van der Waals surface area contributed by atoms with Gasteiger partial charge in [0.25, 0.3) is 0 Å². The van der Waals surface area contributed by atoms with E-state index in [2.05, 4.69) is 36.1 Å². The van der Waals surface area contributed by atoms with Crippen LogP contribution in [0.25, 0.3) is 0 Å². The number of methoxy groups -OCH3 is 1. The van der Waals surface area contributed by atoms with Crippen LogP contribution in [0.2, 0.25) is 0 Å². The van der Waals surface area contributed by atoms with Gasteiger partial charge in [-0.2, -0.15) is 0 Å². The first-order valence-electron chi connectivity index (χ1n) is 7.34. The van der Waals surface area contributed by atoms with Gasteiger partial charge in [-0.1, -0.05) is 25.1 Å². The zero-order valence-electron chi connectivity index (χ0n) is 12.1. The second kappa shape index (κ2) is 6.92. The highest BCUT2D eigenvalue weighted by atomic mass is 16.5. The maximum absolute atomic E-state index is 6.23. The first kappa shape index (κ1) is 14.4. The summed E-state index contributed by atoms with van der Waals surface area (Å²) < 4.78 is 5.26. The quantitative estimate of drug-likeness (QED) is 0.886. The molecule has 19 heavy (non-hydrogen) atoms. The lowest BCUT2D eigenvalue weighted by Crippen LogP contribution is -2.36. The molecular weight excluding hydrogens is 236 g/mol. The molecule has 0 aromatic heterocycles. The van der Waals surface area contributed by atoms with Crippen LogP contribution in [0.5, 0.6) is 0 Å². The van der Waals surface area contributed by atoms with Crippen LogP contribution in [0.15, 0.2) is 24.3 Å². The van der Waals surface area contributed by atoms with E-state index in [1.807, 2.05) is 0 Å². The average molecular weight is 262 g/mol. The van der Waals surface area contributed by atoms with Crippen molar-refractivity contribution in [2.45, 2.75) is 32.2 Å². The summed E-state index contributed by atoms with van der Waals surface area (Å²) in [6.07, 6.45) is 3.41. The number of piperidine rings is 1. The predicted molar refractivity (Wildman–Crippen MR) is 80.5 cm³/mol. The van der Waals surface area contributed by atoms with Crippen LogP contribution in [0.3, 0.4) is 0 Å². The summed E-state index contributed by atoms with van der Waals surface area (Å²) in [6.45, 7) is 5.26. The number of rotatable bonds is 5. The molecule has 1 aliphatic heterocycles. The summed E-state index contributed by atoms with van der Waals surface area (Å²) in [6, 6.07) is 8.73. The SMILES string of the molecule is CC[C@@H](N)c1ccccc1N1CCC(COC)CC1. The molecular formula is C16H26N2O. The van der Waals surface area contributed by atoms with E-state index in [-0.39, 0.29) is 6.04 Å². The highest BCUT2D eigenvalue weighted by molar-refractivity contribution is 5.55. The molecule has 0 unspecified atom stereocenters. The van der Waals surface area contributed by atoms with Crippen molar-refractivity contribution in [1.82, 2.24) is 0 Å². The molecule has 3 heteroatoms. The van der Waals surface area contributed by atoms with Crippen LogP contribution in [0, 0.1) is 5.92 Å². The largest absolute Gasteiger partial charge is 0.384 e. The second-order valence-corrected chi connectivity index (χ2v) is 5.46. The van der Waals surface area contributed by atoms with Crippen LogP contribution in [0.1, 0.15) is 37.8 Å². The Balaban J connectivity index is 2.07. The minimum Gasteiger partial charge on any atom is -0.384 e. The molecule has 0 spiro atoms. The van der Waals surface area contributed by atoms with Gasteiger partial charge in [0, 0.05) is 38.5 Å². The van der Waals surface area contributed by atoms with E-state index in [9.17, 15) is 0 Å². The van der Waals surface area contributed by atoms with Crippen molar-refractivity contribution in [3.05, 3.63) is 29.8 Å². The molecule has 3 nitrogen and oxygen atoms in total. The number of anilines is 1. The summed E-state index contributed by atoms with van der Waals surface area (Å²) in [5.41, 5.74) is 8.84. The van der Waals surface area contributed by atoms with E-state index in [1.54, 1.807) is 7.11 Å². The molecule has 2 rings (SSSR count). The molecule has 1 atom stereocenters. The van der Waals surface area contributed by atoms with Gasteiger partial charge in [-0.25, -0.2) is 0 Å². The standard InChI is InChI=1S/C16H26N2O/c1-3-15(17)14-6-4-5-7-16(14)18-10-8-13(9-11-18)12-19-2/h4-7,13,15H,3,8-12,17H2,1-2H3/t15-/m1/s1. The Hall–Kier alpha value is -1.06. The van der Waals surface area contributed by atoms with E-state index in [0.717, 1.165) is 26.1 Å². The predicted octanol–water partition coefficient (Wildman–Crippen LogP) is 2.96. The molecule has 0 aliphatic carbocycles. The third-order valence-electron chi connectivity index (χ3n) is 4.13. The van der Waals surface area contributed by atoms with Crippen molar-refractivity contribution >= 4 is 5.69 Å². The lowest BCUT2D eigenvalue weighted by atomic mass is 9.95. The van der Waals surface area contributed by atoms with E-state index in [4.69, 9.17) is 10.5 Å². The van der Waals surface area contributed by atoms with E-state index in [0.29, 0.717) is 5.92 Å². The number of hydrogen-bond donors (Lipinski definition) is 1. The average Bonchev–Trinajstić information content (AvgIpc) is 2.47. The topological polar surface area (TPSA) is 38.5 Å². The van der Waals surface area contributed by atoms with Crippen molar-refractivity contribution in [3.63, 3.8) is 0 Å². The summed E-state index contributed by atoms with van der Waals surface area (Å²) >= 11 is 0. The normalized spacial score (nSPS) is 18.6. The number of para-hydroxylation sites is 1. The minimum absolute atomic E-state index is 0.146. The van der Waals surface area contributed by atoms with Crippen LogP contribution in [-0.4, -0.2) is 26.8 Å². The molecule has 0 radical (unpaired) electrons. The molecule has 0 saturated carbocycles. The fourth-order valence-corrected chi connectivity index (χ4v) is 2.89. The van der Waals surface area contributed by atoms with E-state index < -0.39 is 0 Å². The van der Waals surface area contributed by atoms with E-state index >= 15 is 0 Å². The fourth-order valence-electron chi connectivity index (χ4n) is 2.89. The van der Waals surface area contributed by atoms with Crippen molar-refractivity contribution in [3.8, 4) is 0 Å². The molecule has 2 N–H and O–H groups in total. The Kier molecular flexibility index (Phi) is 5.23. The molecule has 1 aromatic carbocycles. The number of nitrogens with two attached hydrogens (primary N) is 1. The van der Waals surface area contributed by atoms with Crippen molar-refractivity contribution in [2.75, 3.05) is 31.7 Å². The Bertz CT molecular complexity index is 386. The molecule has 1 aliphatic rings. The molecule has 0 bridgehead atoms. The molecule has 106 valence electrons. The van der Waals surface area contributed by atoms with Gasteiger partial charge >= 0.3 is 0 Å². The second-order valence-electron chi connectivity index (χ2n) is 5.46. The Morgan fingerprint density at radius 1 is 1.32 bits per heavy atom. The number of benzene rings is 1. The van der Waals surface area contributed by atoms with Crippen molar-refractivity contribution in [2.24, 2.45) is 11.7 Å². The van der Waals surface area contributed by atoms with Gasteiger partial charge < -0.3 is 15.4 Å². The molecule has 1 aromatic rings. The maximum Gasteiger partial charge on any atom is 0.0491 e. The lowest BCUT2D eigenvalue weighted by Gasteiger charge is -2.35. The smallest absolute Gasteiger partial charge is 0.0491 e. The Morgan fingerprint density at radius 2 is 2.00 bits per heavy atom. The van der Waals surface area contributed by atoms with Crippen LogP contribution >= 0.6 is 0 Å².